The summed E-state index contributed by atoms with van der Waals surface area (Å²) >= 11 is 1.54. The molecule has 2 N–H and O–H groups in total. The number of pyridine rings is 1. The number of rotatable bonds is 7. The van der Waals surface area contributed by atoms with Crippen molar-refractivity contribution in [3.05, 3.63) is 59.8 Å². The Morgan fingerprint density at radius 3 is 2.64 bits per heavy atom. The SMILES string of the molecule is CSc1ccc(C(=O)NC(CCCO)c2ccccc2)cn1. The number of nitrogens with one attached hydrogen (secondary N) is 1. The highest BCUT2D eigenvalue weighted by Crippen LogP contribution is 2.19. The second-order valence-electron chi connectivity index (χ2n) is 4.89. The first kappa shape index (κ1) is 16.5. The van der Waals surface area contributed by atoms with Crippen LogP contribution in [-0.2, 0) is 0 Å². The van der Waals surface area contributed by atoms with E-state index in [9.17, 15) is 4.79 Å². The molecule has 0 saturated heterocycles. The zero-order valence-corrected chi connectivity index (χ0v) is 13.3. The number of aliphatic hydroxyl groups is 1. The molecule has 1 aromatic carbocycles. The molecule has 0 saturated carbocycles. The van der Waals surface area contributed by atoms with E-state index < -0.39 is 0 Å². The number of amides is 1. The van der Waals surface area contributed by atoms with Gasteiger partial charge in [0.15, 0.2) is 0 Å². The number of aromatic nitrogens is 1. The third kappa shape index (κ3) is 4.58. The molecule has 116 valence electrons. The van der Waals surface area contributed by atoms with Gasteiger partial charge in [0.2, 0.25) is 0 Å². The Labute approximate surface area is 135 Å². The van der Waals surface area contributed by atoms with Gasteiger partial charge in [0, 0.05) is 12.8 Å². The van der Waals surface area contributed by atoms with Crippen LogP contribution in [0.4, 0.5) is 0 Å². The summed E-state index contributed by atoms with van der Waals surface area (Å²) in [5.41, 5.74) is 1.58. The quantitative estimate of drug-likeness (QED) is 0.771. The highest BCUT2D eigenvalue weighted by Gasteiger charge is 2.15. The average molecular weight is 316 g/mol. The maximum absolute atomic E-state index is 12.4. The molecule has 1 aromatic heterocycles. The van der Waals surface area contributed by atoms with Crippen molar-refractivity contribution in [3.63, 3.8) is 0 Å². The highest BCUT2D eigenvalue weighted by molar-refractivity contribution is 7.98. The fraction of sp³-hybridized carbons (Fsp3) is 0.294. The van der Waals surface area contributed by atoms with Crippen LogP contribution in [0, 0.1) is 0 Å². The molecule has 0 radical (unpaired) electrons. The van der Waals surface area contributed by atoms with Crippen LogP contribution in [0.15, 0.2) is 53.7 Å². The van der Waals surface area contributed by atoms with Crippen molar-refractivity contribution in [1.82, 2.24) is 10.3 Å². The van der Waals surface area contributed by atoms with Crippen LogP contribution in [0.3, 0.4) is 0 Å². The number of aliphatic hydroxyl groups excluding tert-OH is 1. The first-order chi connectivity index (χ1) is 10.7. The highest BCUT2D eigenvalue weighted by atomic mass is 32.2. The molecule has 0 fully saturated rings. The standard InChI is InChI=1S/C17H20N2O2S/c1-22-16-10-9-14(12-18-16)17(21)19-15(8-5-11-20)13-6-3-2-4-7-13/h2-4,6-7,9-10,12,15,20H,5,8,11H2,1H3,(H,19,21). The van der Waals surface area contributed by atoms with Gasteiger partial charge in [-0.2, -0.15) is 0 Å². The minimum atomic E-state index is -0.146. The molecule has 0 aliphatic carbocycles. The molecule has 1 amide bonds. The van der Waals surface area contributed by atoms with Crippen molar-refractivity contribution >= 4 is 17.7 Å². The summed E-state index contributed by atoms with van der Waals surface area (Å²) in [4.78, 5) is 16.6. The van der Waals surface area contributed by atoms with Gasteiger partial charge in [-0.1, -0.05) is 30.3 Å². The predicted octanol–water partition coefficient (Wildman–Crippen LogP) is 3.05. The summed E-state index contributed by atoms with van der Waals surface area (Å²) in [7, 11) is 0. The van der Waals surface area contributed by atoms with Crippen LogP contribution in [0.2, 0.25) is 0 Å². The zero-order valence-electron chi connectivity index (χ0n) is 12.5. The third-order valence-corrected chi connectivity index (χ3v) is 4.03. The smallest absolute Gasteiger partial charge is 0.253 e. The van der Waals surface area contributed by atoms with Gasteiger partial charge < -0.3 is 10.4 Å². The van der Waals surface area contributed by atoms with Gasteiger partial charge >= 0.3 is 0 Å². The van der Waals surface area contributed by atoms with Crippen LogP contribution in [0.1, 0.15) is 34.8 Å². The summed E-state index contributed by atoms with van der Waals surface area (Å²) < 4.78 is 0. The van der Waals surface area contributed by atoms with Crippen molar-refractivity contribution in [2.45, 2.75) is 23.9 Å². The first-order valence-corrected chi connectivity index (χ1v) is 8.43. The van der Waals surface area contributed by atoms with Gasteiger partial charge in [0.05, 0.1) is 16.6 Å². The largest absolute Gasteiger partial charge is 0.396 e. The Kier molecular flexibility index (Phi) is 6.43. The molecule has 1 unspecified atom stereocenters. The summed E-state index contributed by atoms with van der Waals surface area (Å²) in [6, 6.07) is 13.3. The number of nitrogens with zero attached hydrogens (tertiary/aromatic N) is 1. The Hall–Kier alpha value is -1.85. The molecule has 5 heteroatoms. The predicted molar refractivity (Wildman–Crippen MR) is 89.0 cm³/mol. The molecule has 1 atom stereocenters. The second kappa shape index (κ2) is 8.56. The third-order valence-electron chi connectivity index (χ3n) is 3.37. The number of carbonyl (C=O) groups excluding carboxylic acids is 1. The van der Waals surface area contributed by atoms with E-state index in [4.69, 9.17) is 5.11 Å². The summed E-state index contributed by atoms with van der Waals surface area (Å²) in [6.07, 6.45) is 4.88. The van der Waals surface area contributed by atoms with E-state index in [2.05, 4.69) is 10.3 Å². The van der Waals surface area contributed by atoms with E-state index in [1.165, 1.54) is 0 Å². The number of thioether (sulfide) groups is 1. The zero-order chi connectivity index (χ0) is 15.8. The topological polar surface area (TPSA) is 62.2 Å². The first-order valence-electron chi connectivity index (χ1n) is 7.21. The second-order valence-corrected chi connectivity index (χ2v) is 5.72. The van der Waals surface area contributed by atoms with Gasteiger partial charge in [-0.3, -0.25) is 4.79 Å². The maximum atomic E-state index is 12.4. The molecule has 2 rings (SSSR count). The molecule has 1 heterocycles. The maximum Gasteiger partial charge on any atom is 0.253 e. The lowest BCUT2D eigenvalue weighted by atomic mass is 10.0. The van der Waals surface area contributed by atoms with Crippen LogP contribution < -0.4 is 5.32 Å². The van der Waals surface area contributed by atoms with E-state index in [1.54, 1.807) is 24.0 Å². The summed E-state index contributed by atoms with van der Waals surface area (Å²) in [5, 5.41) is 13.0. The fourth-order valence-corrected chi connectivity index (χ4v) is 2.54. The molecular weight excluding hydrogens is 296 g/mol. The van der Waals surface area contributed by atoms with Crippen molar-refractivity contribution in [3.8, 4) is 0 Å². The van der Waals surface area contributed by atoms with Crippen molar-refractivity contribution < 1.29 is 9.90 Å². The van der Waals surface area contributed by atoms with Crippen molar-refractivity contribution in [2.24, 2.45) is 0 Å². The van der Waals surface area contributed by atoms with Crippen LogP contribution in [0.25, 0.3) is 0 Å². The summed E-state index contributed by atoms with van der Waals surface area (Å²) in [5.74, 6) is -0.146. The van der Waals surface area contributed by atoms with E-state index in [1.807, 2.05) is 42.7 Å². The number of hydrogen-bond donors (Lipinski definition) is 2. The molecule has 2 aromatic rings. The molecule has 4 nitrogen and oxygen atoms in total. The molecule has 0 bridgehead atoms. The van der Waals surface area contributed by atoms with Crippen LogP contribution in [-0.4, -0.2) is 28.9 Å². The lowest BCUT2D eigenvalue weighted by Crippen LogP contribution is -2.28. The van der Waals surface area contributed by atoms with Crippen molar-refractivity contribution in [2.75, 3.05) is 12.9 Å². The van der Waals surface area contributed by atoms with E-state index in [-0.39, 0.29) is 18.6 Å². The molecular formula is C17H20N2O2S. The van der Waals surface area contributed by atoms with Gasteiger partial charge in [0.25, 0.3) is 5.91 Å². The number of benzene rings is 1. The van der Waals surface area contributed by atoms with E-state index >= 15 is 0 Å². The van der Waals surface area contributed by atoms with Crippen LogP contribution in [0.5, 0.6) is 0 Å². The van der Waals surface area contributed by atoms with Crippen molar-refractivity contribution in [1.29, 1.82) is 0 Å². The molecule has 0 aliphatic rings. The van der Waals surface area contributed by atoms with E-state index in [0.717, 1.165) is 10.6 Å². The molecule has 0 aliphatic heterocycles. The molecule has 22 heavy (non-hydrogen) atoms. The lowest BCUT2D eigenvalue weighted by molar-refractivity contribution is 0.0932. The minimum absolute atomic E-state index is 0.110. The Balaban J connectivity index is 2.10. The fourth-order valence-electron chi connectivity index (χ4n) is 2.18. The Bertz CT molecular complexity index is 587. The lowest BCUT2D eigenvalue weighted by Gasteiger charge is -2.19. The van der Waals surface area contributed by atoms with Crippen LogP contribution >= 0.6 is 11.8 Å². The Morgan fingerprint density at radius 2 is 2.05 bits per heavy atom. The van der Waals surface area contributed by atoms with Gasteiger partial charge in [0.1, 0.15) is 0 Å². The minimum Gasteiger partial charge on any atom is -0.396 e. The van der Waals surface area contributed by atoms with Gasteiger partial charge in [-0.05, 0) is 36.8 Å². The van der Waals surface area contributed by atoms with E-state index in [0.29, 0.717) is 18.4 Å². The number of hydrogen-bond acceptors (Lipinski definition) is 4. The van der Waals surface area contributed by atoms with Gasteiger partial charge in [-0.15, -0.1) is 11.8 Å². The monoisotopic (exact) mass is 316 g/mol. The van der Waals surface area contributed by atoms with Gasteiger partial charge in [-0.25, -0.2) is 4.98 Å². The normalized spacial score (nSPS) is 11.9. The Morgan fingerprint density at radius 1 is 1.27 bits per heavy atom. The summed E-state index contributed by atoms with van der Waals surface area (Å²) in [6.45, 7) is 0.114. The number of carbonyl (C=O) groups is 1. The average Bonchev–Trinajstić information content (AvgIpc) is 2.59. The molecule has 0 spiro atoms.